The van der Waals surface area contributed by atoms with E-state index in [2.05, 4.69) is 34.6 Å². The Bertz CT molecular complexity index is 173. The van der Waals surface area contributed by atoms with Crippen LogP contribution in [0.4, 0.5) is 0 Å². The summed E-state index contributed by atoms with van der Waals surface area (Å²) in [7, 11) is -1.67. The maximum Gasteiger partial charge on any atom is 0.634 e. The Hall–Kier alpha value is -0.0551. The summed E-state index contributed by atoms with van der Waals surface area (Å²) in [5.41, 5.74) is -0.427. The minimum absolute atomic E-state index is 0.270. The molecule has 0 aromatic heterocycles. The molecule has 0 atom stereocenters. The van der Waals surface area contributed by atoms with Crippen molar-refractivity contribution in [2.45, 2.75) is 65.9 Å². The Morgan fingerprint density at radius 3 is 1.88 bits per heavy atom. The van der Waals surface area contributed by atoms with Crippen LogP contribution in [0.15, 0.2) is 0 Å². The van der Waals surface area contributed by atoms with Gasteiger partial charge < -0.3 is 14.7 Å². The lowest BCUT2D eigenvalue weighted by atomic mass is 9.75. The quantitative estimate of drug-likeness (QED) is 0.497. The van der Waals surface area contributed by atoms with E-state index in [1.807, 2.05) is 0 Å². The highest BCUT2D eigenvalue weighted by Gasteiger charge is 2.40. The molecule has 0 rings (SSSR count). The van der Waals surface area contributed by atoms with Crippen LogP contribution in [0, 0.1) is 11.8 Å². The van der Waals surface area contributed by atoms with Gasteiger partial charge in [-0.3, -0.25) is 0 Å². The fourth-order valence-electron chi connectivity index (χ4n) is 2.42. The predicted octanol–water partition coefficient (Wildman–Crippen LogP) is 2.60. The first-order valence-electron chi connectivity index (χ1n) is 6.40. The molecule has 2 N–H and O–H groups in total. The maximum absolute atomic E-state index is 9.08. The van der Waals surface area contributed by atoms with Crippen LogP contribution in [0.25, 0.3) is 0 Å². The summed E-state index contributed by atoms with van der Waals surface area (Å²) in [4.78, 5) is 0. The number of hydrogen-bond acceptors (Lipinski definition) is 3. The minimum Gasteiger partial charge on any atom is -0.402 e. The Morgan fingerprint density at radius 2 is 1.56 bits per heavy atom. The zero-order valence-electron chi connectivity index (χ0n) is 11.4. The normalized spacial score (nSPS) is 12.6. The van der Waals surface area contributed by atoms with E-state index in [0.29, 0.717) is 0 Å². The van der Waals surface area contributed by atoms with Crippen molar-refractivity contribution in [1.82, 2.24) is 0 Å². The molecule has 0 aromatic rings. The summed E-state index contributed by atoms with van der Waals surface area (Å²) >= 11 is 0. The lowest BCUT2D eigenvalue weighted by Gasteiger charge is -2.42. The first-order valence-corrected chi connectivity index (χ1v) is 6.40. The summed E-state index contributed by atoms with van der Waals surface area (Å²) in [6.45, 7) is 10.5. The van der Waals surface area contributed by atoms with Crippen molar-refractivity contribution in [3.63, 3.8) is 0 Å². The molecule has 0 radical (unpaired) electrons. The second-order valence-electron chi connectivity index (χ2n) is 5.17. The third-order valence-electron chi connectivity index (χ3n) is 3.45. The summed E-state index contributed by atoms with van der Waals surface area (Å²) < 4.78 is 5.42. The van der Waals surface area contributed by atoms with Crippen molar-refractivity contribution < 1.29 is 14.7 Å². The molecule has 3 nitrogen and oxygen atoms in total. The largest absolute Gasteiger partial charge is 0.634 e. The molecule has 0 heterocycles. The predicted molar refractivity (Wildman–Crippen MR) is 67.8 cm³/mol. The van der Waals surface area contributed by atoms with Crippen LogP contribution < -0.4 is 0 Å². The van der Waals surface area contributed by atoms with Gasteiger partial charge in [0.05, 0.1) is 5.60 Å². The van der Waals surface area contributed by atoms with Gasteiger partial charge in [-0.05, 0) is 18.3 Å². The highest BCUT2D eigenvalue weighted by atomic mass is 16.6. The molecule has 0 spiro atoms. The van der Waals surface area contributed by atoms with Gasteiger partial charge in [0, 0.05) is 0 Å². The van der Waals surface area contributed by atoms with Crippen LogP contribution in [0.3, 0.4) is 0 Å². The molecule has 0 unspecified atom stereocenters. The third-order valence-corrected chi connectivity index (χ3v) is 3.45. The van der Waals surface area contributed by atoms with Gasteiger partial charge in [-0.2, -0.15) is 0 Å². The molecule has 0 aliphatic rings. The van der Waals surface area contributed by atoms with Crippen LogP contribution in [0.5, 0.6) is 0 Å². The van der Waals surface area contributed by atoms with E-state index >= 15 is 0 Å². The monoisotopic (exact) mass is 230 g/mol. The van der Waals surface area contributed by atoms with E-state index in [1.165, 1.54) is 0 Å². The molecular formula is C12H27BO3. The van der Waals surface area contributed by atoms with E-state index in [4.69, 9.17) is 14.7 Å². The van der Waals surface area contributed by atoms with Crippen molar-refractivity contribution in [1.29, 1.82) is 0 Å². The third kappa shape index (κ3) is 4.44. The topological polar surface area (TPSA) is 49.7 Å². The zero-order valence-corrected chi connectivity index (χ0v) is 11.4. The van der Waals surface area contributed by atoms with Crippen LogP contribution in [-0.4, -0.2) is 23.0 Å². The van der Waals surface area contributed by atoms with Crippen LogP contribution in [-0.2, 0) is 4.65 Å². The SMILES string of the molecule is CCCCCC(OB(O)O)(C(C)C)C(C)C. The van der Waals surface area contributed by atoms with E-state index in [-0.39, 0.29) is 11.8 Å². The summed E-state index contributed by atoms with van der Waals surface area (Å²) in [5.74, 6) is 0.539. The van der Waals surface area contributed by atoms with Crippen molar-refractivity contribution in [2.75, 3.05) is 0 Å². The highest BCUT2D eigenvalue weighted by Crippen LogP contribution is 2.35. The summed E-state index contributed by atoms with van der Waals surface area (Å²) in [6, 6.07) is 0. The van der Waals surface area contributed by atoms with Crippen LogP contribution in [0.2, 0.25) is 0 Å². The standard InChI is InChI=1S/C12H27BO3/c1-6-7-8-9-12(10(2)3,11(4)5)16-13(14)15/h10-11,14-15H,6-9H2,1-5H3. The van der Waals surface area contributed by atoms with Crippen molar-refractivity contribution in [3.05, 3.63) is 0 Å². The fourth-order valence-corrected chi connectivity index (χ4v) is 2.42. The molecule has 0 amide bonds. The fraction of sp³-hybridized carbons (Fsp3) is 1.00. The summed E-state index contributed by atoms with van der Waals surface area (Å²) in [5, 5.41) is 18.2. The number of rotatable bonds is 8. The van der Waals surface area contributed by atoms with Gasteiger partial charge in [0.15, 0.2) is 0 Å². The molecule has 0 saturated heterocycles. The molecule has 0 bridgehead atoms. The molecule has 4 heteroatoms. The average molecular weight is 230 g/mol. The van der Waals surface area contributed by atoms with E-state index in [1.54, 1.807) is 0 Å². The molecule has 0 aliphatic heterocycles. The first-order chi connectivity index (χ1) is 7.36. The Morgan fingerprint density at radius 1 is 1.06 bits per heavy atom. The van der Waals surface area contributed by atoms with Crippen molar-refractivity contribution in [3.8, 4) is 0 Å². The second kappa shape index (κ2) is 7.31. The van der Waals surface area contributed by atoms with Gasteiger partial charge >= 0.3 is 7.32 Å². The Kier molecular flexibility index (Phi) is 7.28. The number of unbranched alkanes of at least 4 members (excludes halogenated alkanes) is 2. The van der Waals surface area contributed by atoms with Gasteiger partial charge in [-0.1, -0.05) is 53.9 Å². The Labute approximate surface area is 100 Å². The molecule has 0 saturated carbocycles. The van der Waals surface area contributed by atoms with Gasteiger partial charge in [0.2, 0.25) is 0 Å². The molecule has 0 aromatic carbocycles. The second-order valence-corrected chi connectivity index (χ2v) is 5.17. The summed E-state index contributed by atoms with van der Waals surface area (Å²) in [6.07, 6.45) is 4.27. The molecule has 16 heavy (non-hydrogen) atoms. The first kappa shape index (κ1) is 15.9. The smallest absolute Gasteiger partial charge is 0.402 e. The number of hydrogen-bond donors (Lipinski definition) is 2. The van der Waals surface area contributed by atoms with E-state index in [9.17, 15) is 0 Å². The lowest BCUT2D eigenvalue weighted by molar-refractivity contribution is -0.0624. The lowest BCUT2D eigenvalue weighted by Crippen LogP contribution is -2.48. The van der Waals surface area contributed by atoms with Crippen molar-refractivity contribution >= 4 is 7.32 Å². The van der Waals surface area contributed by atoms with Crippen molar-refractivity contribution in [2.24, 2.45) is 11.8 Å². The molecular weight excluding hydrogens is 203 g/mol. The highest BCUT2D eigenvalue weighted by molar-refractivity contribution is 6.32. The zero-order chi connectivity index (χ0) is 12.8. The minimum atomic E-state index is -1.67. The molecule has 0 aliphatic carbocycles. The van der Waals surface area contributed by atoms with Gasteiger partial charge in [-0.15, -0.1) is 0 Å². The molecule has 0 fully saturated rings. The maximum atomic E-state index is 9.08. The van der Waals surface area contributed by atoms with Gasteiger partial charge in [0.25, 0.3) is 0 Å². The average Bonchev–Trinajstić information content (AvgIpc) is 2.15. The van der Waals surface area contributed by atoms with Gasteiger partial charge in [-0.25, -0.2) is 0 Å². The van der Waals surface area contributed by atoms with E-state index < -0.39 is 12.9 Å². The Balaban J connectivity index is 4.66. The van der Waals surface area contributed by atoms with Crippen LogP contribution in [0.1, 0.15) is 60.3 Å². The molecule has 96 valence electrons. The van der Waals surface area contributed by atoms with E-state index in [0.717, 1.165) is 25.7 Å². The van der Waals surface area contributed by atoms with Gasteiger partial charge in [0.1, 0.15) is 0 Å². The van der Waals surface area contributed by atoms with Crippen LogP contribution >= 0.6 is 0 Å².